The van der Waals surface area contributed by atoms with E-state index in [9.17, 15) is 26.0 Å². The van der Waals surface area contributed by atoms with Crippen molar-refractivity contribution < 1.29 is 30.7 Å². The molecule has 3 aromatic rings. The number of rotatable bonds is 7. The lowest BCUT2D eigenvalue weighted by Crippen LogP contribution is -2.40. The first kappa shape index (κ1) is 22.9. The minimum atomic E-state index is -4.44. The summed E-state index contributed by atoms with van der Waals surface area (Å²) in [6.07, 6.45) is 1.72. The molecule has 0 saturated heterocycles. The number of alkyl halides is 3. The van der Waals surface area contributed by atoms with Crippen molar-refractivity contribution in [1.82, 2.24) is 4.98 Å². The first-order valence-corrected chi connectivity index (χ1v) is 11.7. The second kappa shape index (κ2) is 8.57. The highest BCUT2D eigenvalue weighted by molar-refractivity contribution is 7.93. The van der Waals surface area contributed by atoms with E-state index in [1.165, 1.54) is 30.6 Å². The summed E-state index contributed by atoms with van der Waals surface area (Å²) in [5.41, 5.74) is 2.98. The van der Waals surface area contributed by atoms with Gasteiger partial charge in [0.2, 0.25) is 0 Å². The molecule has 0 bridgehead atoms. The van der Waals surface area contributed by atoms with Crippen LogP contribution >= 0.6 is 11.3 Å². The number of hydrogen-bond donors (Lipinski definition) is 2. The van der Waals surface area contributed by atoms with Gasteiger partial charge in [0.05, 0.1) is 17.5 Å². The Morgan fingerprint density at radius 2 is 1.85 bits per heavy atom. The van der Waals surface area contributed by atoms with Crippen LogP contribution in [0.4, 0.5) is 28.4 Å². The molecule has 1 aromatic heterocycles. The van der Waals surface area contributed by atoms with Gasteiger partial charge in [-0.1, -0.05) is 21.9 Å². The third-order valence-electron chi connectivity index (χ3n) is 4.59. The van der Waals surface area contributed by atoms with Crippen LogP contribution in [0.25, 0.3) is 0 Å². The lowest BCUT2D eigenvalue weighted by Gasteiger charge is -2.27. The molecule has 2 aromatic carbocycles. The topological polar surface area (TPSA) is 83.5 Å². The van der Waals surface area contributed by atoms with Gasteiger partial charge in [0, 0.05) is 29.3 Å². The molecule has 2 heterocycles. The van der Waals surface area contributed by atoms with Gasteiger partial charge in [-0.3, -0.25) is 4.72 Å². The van der Waals surface area contributed by atoms with Gasteiger partial charge in [0.15, 0.2) is 11.7 Å². The Hall–Kier alpha value is -3.29. The molecule has 1 atom stereocenters. The average Bonchev–Trinajstić information content (AvgIpc) is 3.39. The number of nitrogens with one attached hydrogen (secondary N) is 2. The van der Waals surface area contributed by atoms with Gasteiger partial charge in [-0.2, -0.15) is 13.2 Å². The summed E-state index contributed by atoms with van der Waals surface area (Å²) < 4.78 is 80.0. The number of sulfonamides is 1. The van der Waals surface area contributed by atoms with Crippen LogP contribution in [-0.2, 0) is 22.7 Å². The van der Waals surface area contributed by atoms with E-state index in [1.54, 1.807) is 17.7 Å². The molecule has 7 nitrogen and oxygen atoms in total. The Kier molecular flexibility index (Phi) is 5.95. The second-order valence-corrected chi connectivity index (χ2v) is 9.53. The molecule has 0 spiro atoms. The number of benzene rings is 2. The molecule has 13 heteroatoms. The van der Waals surface area contributed by atoms with Crippen molar-refractivity contribution in [3.63, 3.8) is 0 Å². The zero-order valence-corrected chi connectivity index (χ0v) is 18.3. The van der Waals surface area contributed by atoms with E-state index in [1.807, 2.05) is 0 Å². The third-order valence-corrected chi connectivity index (χ3v) is 6.78. The highest BCUT2D eigenvalue weighted by Gasteiger charge is 2.32. The fraction of sp³-hybridized carbons (Fsp3) is 0.100. The third kappa shape index (κ3) is 5.21. The molecule has 0 fully saturated rings. The zero-order valence-electron chi connectivity index (χ0n) is 16.6. The van der Waals surface area contributed by atoms with Gasteiger partial charge in [-0.25, -0.2) is 23.2 Å². The van der Waals surface area contributed by atoms with Crippen LogP contribution in [-0.4, -0.2) is 24.3 Å². The van der Waals surface area contributed by atoms with E-state index in [0.29, 0.717) is 5.56 Å². The molecule has 33 heavy (non-hydrogen) atoms. The number of quaternary nitrogens is 1. The minimum Gasteiger partial charge on any atom is -0.255 e. The van der Waals surface area contributed by atoms with E-state index in [-0.39, 0.29) is 22.1 Å². The normalized spacial score (nSPS) is 17.9. The number of aromatic nitrogens is 1. The van der Waals surface area contributed by atoms with Gasteiger partial charge in [0.25, 0.3) is 10.0 Å². The van der Waals surface area contributed by atoms with Gasteiger partial charge in [-0.15, -0.1) is 11.3 Å². The largest absolute Gasteiger partial charge is 0.416 e. The summed E-state index contributed by atoms with van der Waals surface area (Å²) in [4.78, 5) is 3.26. The lowest BCUT2D eigenvalue weighted by molar-refractivity contribution is -0.875. The quantitative estimate of drug-likeness (QED) is 0.356. The summed E-state index contributed by atoms with van der Waals surface area (Å²) in [7, 11) is -4.18. The first-order chi connectivity index (χ1) is 15.6. The Bertz CT molecular complexity index is 1290. The van der Waals surface area contributed by atoms with Crippen molar-refractivity contribution in [1.29, 1.82) is 0 Å². The number of thiazole rings is 1. The predicted octanol–water partition coefficient (Wildman–Crippen LogP) is 4.96. The number of hydrogen-bond acceptors (Lipinski definition) is 6. The number of allylic oxidation sites excluding steroid dienone is 1. The van der Waals surface area contributed by atoms with Crippen LogP contribution in [0.1, 0.15) is 11.1 Å². The Labute approximate surface area is 190 Å². The van der Waals surface area contributed by atoms with Crippen LogP contribution in [0.3, 0.4) is 0 Å². The smallest absolute Gasteiger partial charge is 0.255 e. The first-order valence-electron chi connectivity index (χ1n) is 9.34. The average molecular weight is 499 g/mol. The number of nitrogens with zero attached hydrogens (tertiary/aromatic N) is 3. The van der Waals surface area contributed by atoms with Crippen molar-refractivity contribution in [2.45, 2.75) is 17.6 Å². The Balaban J connectivity index is 1.54. The molecule has 0 radical (unpaired) electrons. The standard InChI is InChI=1S/C20H16F4N5O2S2/c21-17-12-16(6-7-18(17)33(30,31)28-19-25-9-11-32-19)27-29(10-1-8-26-29)13-14-2-4-15(5-3-14)20(22,23)24/h1-12,27H,13H2,(H,25,28)/q+1. The maximum atomic E-state index is 14.7. The summed E-state index contributed by atoms with van der Waals surface area (Å²) in [6, 6.07) is 8.11. The van der Waals surface area contributed by atoms with Crippen LogP contribution < -0.4 is 10.1 Å². The van der Waals surface area contributed by atoms with Gasteiger partial charge < -0.3 is 0 Å². The van der Waals surface area contributed by atoms with Crippen molar-refractivity contribution in [2.24, 2.45) is 5.10 Å². The van der Waals surface area contributed by atoms with Gasteiger partial charge >= 0.3 is 6.18 Å². The summed E-state index contributed by atoms with van der Waals surface area (Å²) >= 11 is 1.05. The molecule has 1 aliphatic rings. The molecular formula is C20H16F4N5O2S2+. The molecule has 0 saturated carbocycles. The van der Waals surface area contributed by atoms with Crippen LogP contribution in [0.15, 0.2) is 76.3 Å². The van der Waals surface area contributed by atoms with Crippen molar-refractivity contribution in [3.05, 3.63) is 83.3 Å². The molecule has 1 unspecified atom stereocenters. The predicted molar refractivity (Wildman–Crippen MR) is 116 cm³/mol. The van der Waals surface area contributed by atoms with Crippen molar-refractivity contribution in [2.75, 3.05) is 10.1 Å². The van der Waals surface area contributed by atoms with Gasteiger partial charge in [-0.05, 0) is 24.3 Å². The molecule has 4 rings (SSSR count). The highest BCUT2D eigenvalue weighted by Crippen LogP contribution is 2.31. The summed E-state index contributed by atoms with van der Waals surface area (Å²) in [5, 5.41) is 5.97. The van der Waals surface area contributed by atoms with Crippen LogP contribution in [0, 0.1) is 5.82 Å². The molecule has 172 valence electrons. The second-order valence-electron chi connectivity index (χ2n) is 6.99. The van der Waals surface area contributed by atoms with Crippen LogP contribution in [0.2, 0.25) is 0 Å². The Morgan fingerprint density at radius 1 is 1.09 bits per heavy atom. The van der Waals surface area contributed by atoms with E-state index >= 15 is 0 Å². The maximum absolute atomic E-state index is 14.7. The Morgan fingerprint density at radius 3 is 2.42 bits per heavy atom. The fourth-order valence-corrected chi connectivity index (χ4v) is 4.96. The minimum absolute atomic E-state index is 0.106. The summed E-state index contributed by atoms with van der Waals surface area (Å²) in [6.45, 7) is 0.123. The van der Waals surface area contributed by atoms with E-state index in [4.69, 9.17) is 0 Å². The lowest BCUT2D eigenvalue weighted by atomic mass is 10.1. The molecular weight excluding hydrogens is 482 g/mol. The monoisotopic (exact) mass is 498 g/mol. The van der Waals surface area contributed by atoms with E-state index in [0.717, 1.165) is 35.6 Å². The van der Waals surface area contributed by atoms with Crippen LogP contribution in [0.5, 0.6) is 0 Å². The zero-order chi connectivity index (χ0) is 23.7. The van der Waals surface area contributed by atoms with Crippen molar-refractivity contribution >= 4 is 38.4 Å². The number of anilines is 2. The number of halogens is 4. The molecule has 2 N–H and O–H groups in total. The molecule has 1 aliphatic heterocycles. The highest BCUT2D eigenvalue weighted by atomic mass is 32.2. The summed E-state index contributed by atoms with van der Waals surface area (Å²) in [5.74, 6) is -0.996. The van der Waals surface area contributed by atoms with Crippen molar-refractivity contribution in [3.8, 4) is 0 Å². The fourth-order valence-electron chi connectivity index (χ4n) is 3.11. The molecule has 0 aliphatic carbocycles. The molecule has 0 amide bonds. The maximum Gasteiger partial charge on any atom is 0.416 e. The van der Waals surface area contributed by atoms with E-state index in [2.05, 4.69) is 20.2 Å². The van der Waals surface area contributed by atoms with E-state index < -0.39 is 32.5 Å². The SMILES string of the molecule is O=S(=O)(Nc1nccs1)c1ccc(N[N+]2(Cc3ccc(C(F)(F)F)cc3)C=CC=N2)cc1F. The van der Waals surface area contributed by atoms with Gasteiger partial charge in [0.1, 0.15) is 16.9 Å².